The maximum absolute atomic E-state index is 6.07. The largest absolute Gasteiger partial charge is 0.454 e. The molecule has 2 aliphatic rings. The Morgan fingerprint density at radius 3 is 2.85 bits per heavy atom. The van der Waals surface area contributed by atoms with Crippen LogP contribution in [0.15, 0.2) is 16.6 Å². The van der Waals surface area contributed by atoms with Crippen LogP contribution in [-0.2, 0) is 0 Å². The van der Waals surface area contributed by atoms with Crippen LogP contribution in [0.25, 0.3) is 0 Å². The van der Waals surface area contributed by atoms with Gasteiger partial charge in [0.15, 0.2) is 11.5 Å². The van der Waals surface area contributed by atoms with Crippen LogP contribution in [0.2, 0.25) is 0 Å². The molecule has 1 aromatic rings. The van der Waals surface area contributed by atoms with Crippen molar-refractivity contribution >= 4 is 15.9 Å². The number of rotatable bonds is 3. The lowest BCUT2D eigenvalue weighted by Crippen LogP contribution is -2.43. The van der Waals surface area contributed by atoms with E-state index in [2.05, 4.69) is 46.8 Å². The molecule has 2 heterocycles. The average molecular weight is 341 g/mol. The number of hydrogen-bond donors (Lipinski definition) is 1. The minimum absolute atomic E-state index is 0.201. The number of halogens is 1. The number of fused-ring (bicyclic) bond motifs is 1. The van der Waals surface area contributed by atoms with Crippen molar-refractivity contribution in [3.63, 3.8) is 0 Å². The van der Waals surface area contributed by atoms with Crippen molar-refractivity contribution in [1.29, 1.82) is 0 Å². The van der Waals surface area contributed by atoms with Gasteiger partial charge >= 0.3 is 0 Å². The normalized spacial score (nSPS) is 22.2. The molecule has 0 aromatic heterocycles. The van der Waals surface area contributed by atoms with E-state index in [1.54, 1.807) is 0 Å². The van der Waals surface area contributed by atoms with Gasteiger partial charge in [0.1, 0.15) is 0 Å². The molecule has 0 radical (unpaired) electrons. The molecule has 0 amide bonds. The van der Waals surface area contributed by atoms with Gasteiger partial charge in [-0.2, -0.15) is 0 Å². The Hall–Kier alpha value is -0.780. The van der Waals surface area contributed by atoms with Gasteiger partial charge in [0.2, 0.25) is 6.79 Å². The number of likely N-dealkylation sites (tertiary alicyclic amines) is 1. The monoisotopic (exact) mass is 340 g/mol. The molecular weight excluding hydrogens is 320 g/mol. The molecule has 1 unspecified atom stereocenters. The zero-order valence-corrected chi connectivity index (χ0v) is 13.6. The SMILES string of the molecule is CC1(C)CCCN1C(CN)c1cc(Br)c2c(c1)OCO2. The van der Waals surface area contributed by atoms with Crippen molar-refractivity contribution in [3.05, 3.63) is 22.2 Å². The molecule has 1 atom stereocenters. The van der Waals surface area contributed by atoms with E-state index in [4.69, 9.17) is 15.2 Å². The first-order valence-corrected chi connectivity index (χ1v) is 7.88. The molecular formula is C15H21BrN2O2. The van der Waals surface area contributed by atoms with Crippen molar-refractivity contribution in [2.75, 3.05) is 19.9 Å². The lowest BCUT2D eigenvalue weighted by Gasteiger charge is -2.38. The molecule has 0 bridgehead atoms. The van der Waals surface area contributed by atoms with Gasteiger partial charge in [-0.05, 0) is 66.9 Å². The highest BCUT2D eigenvalue weighted by molar-refractivity contribution is 9.10. The Kier molecular flexibility index (Phi) is 3.69. The van der Waals surface area contributed by atoms with Crippen LogP contribution in [0.1, 0.15) is 38.3 Å². The number of ether oxygens (including phenoxy) is 2. The number of benzene rings is 1. The third kappa shape index (κ3) is 2.32. The summed E-state index contributed by atoms with van der Waals surface area (Å²) >= 11 is 3.57. The van der Waals surface area contributed by atoms with Crippen LogP contribution in [0, 0.1) is 0 Å². The van der Waals surface area contributed by atoms with Crippen molar-refractivity contribution in [2.45, 2.75) is 38.3 Å². The smallest absolute Gasteiger partial charge is 0.231 e. The predicted molar refractivity (Wildman–Crippen MR) is 82.1 cm³/mol. The summed E-state index contributed by atoms with van der Waals surface area (Å²) in [5.74, 6) is 1.61. The Morgan fingerprint density at radius 2 is 2.20 bits per heavy atom. The van der Waals surface area contributed by atoms with Crippen LogP contribution < -0.4 is 15.2 Å². The minimum atomic E-state index is 0.201. The summed E-state index contributed by atoms with van der Waals surface area (Å²) in [4.78, 5) is 2.51. The standard InChI is InChI=1S/C15H21BrN2O2/c1-15(2)4-3-5-18(15)12(8-17)10-6-11(16)14-13(7-10)19-9-20-14/h6-7,12H,3-5,8-9,17H2,1-2H3. The molecule has 2 aliphatic heterocycles. The van der Waals surface area contributed by atoms with Gasteiger partial charge in [-0.15, -0.1) is 0 Å². The van der Waals surface area contributed by atoms with Crippen LogP contribution in [0.4, 0.5) is 0 Å². The highest BCUT2D eigenvalue weighted by atomic mass is 79.9. The summed E-state index contributed by atoms with van der Waals surface area (Å²) in [6, 6.07) is 4.40. The fourth-order valence-electron chi connectivity index (χ4n) is 3.33. The van der Waals surface area contributed by atoms with Gasteiger partial charge in [-0.1, -0.05) is 0 Å². The molecule has 110 valence electrons. The topological polar surface area (TPSA) is 47.7 Å². The Balaban J connectivity index is 1.96. The van der Waals surface area contributed by atoms with Gasteiger partial charge < -0.3 is 15.2 Å². The third-order valence-corrected chi connectivity index (χ3v) is 4.99. The van der Waals surface area contributed by atoms with Gasteiger partial charge in [0.05, 0.1) is 4.47 Å². The van der Waals surface area contributed by atoms with Gasteiger partial charge in [-0.3, -0.25) is 4.90 Å². The quantitative estimate of drug-likeness (QED) is 0.918. The molecule has 0 aliphatic carbocycles. The molecule has 5 heteroatoms. The summed E-state index contributed by atoms with van der Waals surface area (Å²) in [6.07, 6.45) is 2.45. The van der Waals surface area contributed by atoms with Crippen molar-refractivity contribution < 1.29 is 9.47 Å². The zero-order valence-electron chi connectivity index (χ0n) is 12.0. The number of nitrogens with zero attached hydrogens (tertiary/aromatic N) is 1. The lowest BCUT2D eigenvalue weighted by atomic mass is 9.97. The number of nitrogens with two attached hydrogens (primary N) is 1. The third-order valence-electron chi connectivity index (χ3n) is 4.40. The second kappa shape index (κ2) is 5.20. The average Bonchev–Trinajstić information content (AvgIpc) is 2.98. The molecule has 4 nitrogen and oxygen atoms in total. The van der Waals surface area contributed by atoms with Crippen LogP contribution in [0.5, 0.6) is 11.5 Å². The maximum Gasteiger partial charge on any atom is 0.231 e. The molecule has 3 rings (SSSR count). The lowest BCUT2D eigenvalue weighted by molar-refractivity contribution is 0.119. The Bertz CT molecular complexity index is 519. The second-order valence-corrected chi connectivity index (χ2v) is 6.95. The second-order valence-electron chi connectivity index (χ2n) is 6.10. The molecule has 2 N–H and O–H groups in total. The van der Waals surface area contributed by atoms with Crippen molar-refractivity contribution in [2.24, 2.45) is 5.73 Å². The molecule has 1 saturated heterocycles. The van der Waals surface area contributed by atoms with E-state index >= 15 is 0 Å². The summed E-state index contributed by atoms with van der Waals surface area (Å²) < 4.78 is 11.9. The first kappa shape index (κ1) is 14.2. The highest BCUT2D eigenvalue weighted by Gasteiger charge is 2.37. The maximum atomic E-state index is 6.07. The van der Waals surface area contributed by atoms with E-state index in [-0.39, 0.29) is 11.6 Å². The summed E-state index contributed by atoms with van der Waals surface area (Å²) in [5.41, 5.74) is 7.47. The van der Waals surface area contributed by atoms with Crippen molar-refractivity contribution in [3.8, 4) is 11.5 Å². The van der Waals surface area contributed by atoms with E-state index in [1.165, 1.54) is 18.4 Å². The summed E-state index contributed by atoms with van der Waals surface area (Å²) in [5, 5.41) is 0. The predicted octanol–water partition coefficient (Wildman–Crippen LogP) is 3.05. The zero-order chi connectivity index (χ0) is 14.3. The van der Waals surface area contributed by atoms with Gasteiger partial charge in [0, 0.05) is 18.1 Å². The van der Waals surface area contributed by atoms with Crippen LogP contribution in [-0.4, -0.2) is 30.3 Å². The Labute approximate surface area is 128 Å². The molecule has 0 spiro atoms. The fourth-order valence-corrected chi connectivity index (χ4v) is 3.90. The fraction of sp³-hybridized carbons (Fsp3) is 0.600. The van der Waals surface area contributed by atoms with Crippen LogP contribution >= 0.6 is 15.9 Å². The van der Waals surface area contributed by atoms with E-state index in [0.717, 1.165) is 22.5 Å². The molecule has 1 aromatic carbocycles. The van der Waals surface area contributed by atoms with E-state index in [9.17, 15) is 0 Å². The first-order valence-electron chi connectivity index (χ1n) is 7.09. The first-order chi connectivity index (χ1) is 9.53. The molecule has 1 fully saturated rings. The minimum Gasteiger partial charge on any atom is -0.454 e. The Morgan fingerprint density at radius 1 is 1.40 bits per heavy atom. The summed E-state index contributed by atoms with van der Waals surface area (Å²) in [7, 11) is 0. The van der Waals surface area contributed by atoms with Crippen LogP contribution in [0.3, 0.4) is 0 Å². The van der Waals surface area contributed by atoms with E-state index < -0.39 is 0 Å². The van der Waals surface area contributed by atoms with Gasteiger partial charge in [0.25, 0.3) is 0 Å². The number of hydrogen-bond acceptors (Lipinski definition) is 4. The van der Waals surface area contributed by atoms with E-state index in [0.29, 0.717) is 13.3 Å². The van der Waals surface area contributed by atoms with Crippen molar-refractivity contribution in [1.82, 2.24) is 4.90 Å². The summed E-state index contributed by atoms with van der Waals surface area (Å²) in [6.45, 7) is 6.59. The van der Waals surface area contributed by atoms with E-state index in [1.807, 2.05) is 0 Å². The van der Waals surface area contributed by atoms with Gasteiger partial charge in [-0.25, -0.2) is 0 Å². The molecule has 20 heavy (non-hydrogen) atoms. The highest BCUT2D eigenvalue weighted by Crippen LogP contribution is 2.43. The molecule has 0 saturated carbocycles.